The third-order valence-electron chi connectivity index (χ3n) is 13.4. The highest BCUT2D eigenvalue weighted by Crippen LogP contribution is 2.31. The first-order valence-electron chi connectivity index (χ1n) is 29.3. The number of amides is 1. The second kappa shape index (κ2) is 45.0. The molecule has 1 aliphatic rings. The molecule has 1 amide bonds. The molecule has 8 atom stereocenters. The van der Waals surface area contributed by atoms with Crippen LogP contribution in [0.1, 0.15) is 261 Å². The molecule has 75 heavy (non-hydrogen) atoms. The molecule has 0 bridgehead atoms. The monoisotopic (exact) mass is 1070 g/mol. The minimum Gasteiger partial charge on any atom is -0.463 e. The summed E-state index contributed by atoms with van der Waals surface area (Å²) >= 11 is 0. The standard InChI is InChI=1S/C59H103NO15/c1-9-11-13-15-17-19-21-23-25-26-28-30-32-34-36-38-40-42-53(71-47(5)63)58(67)60-51(52(70-46(4)62)41-39-37-35-33-31-29-27-24-22-20-18-16-14-12-10-2)43-69-59-57(74-50(8)66)56(73-49(7)65)55(72-48(6)64)54(75-59)44-68-45(3)61/h39,41,51-57,59H,9-38,40,42-44H2,1-8H3,(H,60,67)/b41-39+/t51-,52?,53?,54+,55+,56-,57+,59+/m0/s1. The molecule has 1 N–H and O–H groups in total. The molecule has 0 spiro atoms. The lowest BCUT2D eigenvalue weighted by atomic mass is 9.98. The second-order valence-corrected chi connectivity index (χ2v) is 20.6. The van der Waals surface area contributed by atoms with Crippen LogP contribution in [-0.2, 0) is 71.5 Å². The Morgan fingerprint density at radius 1 is 0.467 bits per heavy atom. The Hall–Kier alpha value is -4.05. The van der Waals surface area contributed by atoms with Crippen LogP contribution in [-0.4, -0.2) is 104 Å². The number of unbranched alkanes of at least 4 members (excludes halogenated alkanes) is 29. The number of carbonyl (C=O) groups is 7. The molecule has 1 fully saturated rings. The van der Waals surface area contributed by atoms with Gasteiger partial charge in [0.2, 0.25) is 0 Å². The zero-order chi connectivity index (χ0) is 55.5. The number of esters is 6. The fourth-order valence-corrected chi connectivity index (χ4v) is 9.47. The summed E-state index contributed by atoms with van der Waals surface area (Å²) in [5.74, 6) is -5.02. The Morgan fingerprint density at radius 3 is 1.28 bits per heavy atom. The van der Waals surface area contributed by atoms with E-state index >= 15 is 0 Å². The molecule has 16 heteroatoms. The van der Waals surface area contributed by atoms with Gasteiger partial charge < -0.3 is 43.2 Å². The van der Waals surface area contributed by atoms with Crippen molar-refractivity contribution in [2.45, 2.75) is 310 Å². The largest absolute Gasteiger partial charge is 0.463 e. The van der Waals surface area contributed by atoms with E-state index in [9.17, 15) is 33.6 Å². The highest BCUT2D eigenvalue weighted by Gasteiger charge is 2.53. The summed E-state index contributed by atoms with van der Waals surface area (Å²) in [7, 11) is 0. The SMILES string of the molecule is CCCCCCCCCCCCCCC/C=C/C(OC(C)=O)[C@H](CO[C@@H]1O[C@H](COC(C)=O)[C@@H](OC(C)=O)[C@H](OC(C)=O)[C@H]1OC(C)=O)NC(=O)C(CCCCCCCCCCCCCCCCCCC)OC(C)=O. The van der Waals surface area contributed by atoms with Crippen LogP contribution in [0.15, 0.2) is 12.2 Å². The Bertz CT molecular complexity index is 1590. The van der Waals surface area contributed by atoms with Crippen molar-refractivity contribution >= 4 is 41.7 Å². The number of rotatable bonds is 46. The van der Waals surface area contributed by atoms with E-state index < -0.39 is 104 Å². The van der Waals surface area contributed by atoms with E-state index in [1.165, 1.54) is 162 Å². The highest BCUT2D eigenvalue weighted by atomic mass is 16.7. The van der Waals surface area contributed by atoms with Crippen molar-refractivity contribution in [3.8, 4) is 0 Å². The summed E-state index contributed by atoms with van der Waals surface area (Å²) in [6.45, 7) is 10.6. The molecule has 16 nitrogen and oxygen atoms in total. The summed E-state index contributed by atoms with van der Waals surface area (Å²) in [5.41, 5.74) is 0. The third-order valence-corrected chi connectivity index (χ3v) is 13.4. The van der Waals surface area contributed by atoms with Crippen LogP contribution in [0.4, 0.5) is 0 Å². The molecule has 1 saturated heterocycles. The number of hydrogen-bond donors (Lipinski definition) is 1. The fourth-order valence-electron chi connectivity index (χ4n) is 9.47. The zero-order valence-electron chi connectivity index (χ0n) is 47.9. The van der Waals surface area contributed by atoms with E-state index in [1.54, 1.807) is 6.08 Å². The van der Waals surface area contributed by atoms with E-state index in [1.807, 2.05) is 6.08 Å². The maximum Gasteiger partial charge on any atom is 0.303 e. The first kappa shape index (κ1) is 69.0. The molecule has 0 aliphatic carbocycles. The predicted molar refractivity (Wildman–Crippen MR) is 289 cm³/mol. The summed E-state index contributed by atoms with van der Waals surface area (Å²) < 4.78 is 45.7. The number of hydrogen-bond acceptors (Lipinski definition) is 15. The molecule has 0 saturated carbocycles. The van der Waals surface area contributed by atoms with Gasteiger partial charge >= 0.3 is 35.8 Å². The van der Waals surface area contributed by atoms with E-state index in [2.05, 4.69) is 19.2 Å². The third kappa shape index (κ3) is 36.6. The molecular weight excluding hydrogens is 963 g/mol. The van der Waals surface area contributed by atoms with Gasteiger partial charge in [0.05, 0.1) is 12.6 Å². The van der Waals surface area contributed by atoms with Gasteiger partial charge in [-0.2, -0.15) is 0 Å². The number of ether oxygens (including phenoxy) is 8. The van der Waals surface area contributed by atoms with Crippen LogP contribution < -0.4 is 5.32 Å². The van der Waals surface area contributed by atoms with Gasteiger partial charge in [-0.1, -0.05) is 200 Å². The normalized spacial score (nSPS) is 18.6. The van der Waals surface area contributed by atoms with Crippen LogP contribution in [0, 0.1) is 0 Å². The molecule has 1 aliphatic heterocycles. The fraction of sp³-hybridized carbons (Fsp3) is 0.847. The van der Waals surface area contributed by atoms with Gasteiger partial charge in [0.25, 0.3) is 5.91 Å². The summed E-state index contributed by atoms with van der Waals surface area (Å²) in [4.78, 5) is 88.6. The lowest BCUT2D eigenvalue weighted by Gasteiger charge is -2.44. The average molecular weight is 1070 g/mol. The van der Waals surface area contributed by atoms with Gasteiger partial charge in [0.1, 0.15) is 18.8 Å². The smallest absolute Gasteiger partial charge is 0.303 e. The van der Waals surface area contributed by atoms with Crippen molar-refractivity contribution in [3.63, 3.8) is 0 Å². The molecule has 0 aromatic rings. The Morgan fingerprint density at radius 2 is 0.867 bits per heavy atom. The minimum absolute atomic E-state index is 0.254. The van der Waals surface area contributed by atoms with Gasteiger partial charge in [-0.25, -0.2) is 0 Å². The van der Waals surface area contributed by atoms with Crippen molar-refractivity contribution in [1.82, 2.24) is 5.32 Å². The number of carbonyl (C=O) groups excluding carboxylic acids is 7. The summed E-state index contributed by atoms with van der Waals surface area (Å²) in [6.07, 6.45) is 31.2. The van der Waals surface area contributed by atoms with Crippen LogP contribution in [0.3, 0.4) is 0 Å². The average Bonchev–Trinajstić information content (AvgIpc) is 3.34. The zero-order valence-corrected chi connectivity index (χ0v) is 47.9. The van der Waals surface area contributed by atoms with Crippen molar-refractivity contribution < 1.29 is 71.5 Å². The number of allylic oxidation sites excluding steroid dienone is 1. The van der Waals surface area contributed by atoms with Crippen molar-refractivity contribution in [2.75, 3.05) is 13.2 Å². The Labute approximate surface area is 452 Å². The predicted octanol–water partition coefficient (Wildman–Crippen LogP) is 12.5. The molecule has 1 heterocycles. The van der Waals surface area contributed by atoms with Gasteiger partial charge in [0.15, 0.2) is 30.7 Å². The Kier molecular flexibility index (Phi) is 41.4. The van der Waals surface area contributed by atoms with E-state index in [-0.39, 0.29) is 6.42 Å². The maximum atomic E-state index is 14.2. The minimum atomic E-state index is -1.57. The van der Waals surface area contributed by atoms with E-state index in [0.29, 0.717) is 12.8 Å². The van der Waals surface area contributed by atoms with Crippen molar-refractivity contribution in [2.24, 2.45) is 0 Å². The lowest BCUT2D eigenvalue weighted by molar-refractivity contribution is -0.309. The number of nitrogens with one attached hydrogen (secondary N) is 1. The van der Waals surface area contributed by atoms with Crippen molar-refractivity contribution in [3.05, 3.63) is 12.2 Å². The molecule has 0 aromatic heterocycles. The van der Waals surface area contributed by atoms with Crippen LogP contribution in [0.25, 0.3) is 0 Å². The summed E-state index contributed by atoms with van der Waals surface area (Å²) in [5, 5.41) is 2.90. The van der Waals surface area contributed by atoms with Crippen LogP contribution in [0.2, 0.25) is 0 Å². The van der Waals surface area contributed by atoms with Gasteiger partial charge in [0, 0.05) is 41.5 Å². The maximum absolute atomic E-state index is 14.2. The summed E-state index contributed by atoms with van der Waals surface area (Å²) in [6, 6.07) is -1.13. The van der Waals surface area contributed by atoms with E-state index in [4.69, 9.17) is 37.9 Å². The van der Waals surface area contributed by atoms with Gasteiger partial charge in [-0.05, 0) is 31.8 Å². The van der Waals surface area contributed by atoms with Crippen LogP contribution in [0.5, 0.6) is 0 Å². The van der Waals surface area contributed by atoms with Gasteiger partial charge in [-0.15, -0.1) is 0 Å². The second-order valence-electron chi connectivity index (χ2n) is 20.6. The topological polar surface area (TPSA) is 205 Å². The van der Waals surface area contributed by atoms with Gasteiger partial charge in [-0.3, -0.25) is 33.6 Å². The Balaban J connectivity index is 3.19. The lowest BCUT2D eigenvalue weighted by Crippen LogP contribution is -2.63. The van der Waals surface area contributed by atoms with Crippen molar-refractivity contribution in [1.29, 1.82) is 0 Å². The highest BCUT2D eigenvalue weighted by molar-refractivity contribution is 5.83. The quantitative estimate of drug-likeness (QED) is 0.0260. The van der Waals surface area contributed by atoms with Crippen LogP contribution >= 0.6 is 0 Å². The van der Waals surface area contributed by atoms with E-state index in [0.717, 1.165) is 65.7 Å². The molecule has 434 valence electrons. The first-order chi connectivity index (χ1) is 36.1. The molecule has 1 rings (SSSR count). The molecular formula is C59H103NO15. The molecule has 0 aromatic carbocycles. The molecule has 0 radical (unpaired) electrons. The first-order valence-corrected chi connectivity index (χ1v) is 29.3. The molecule has 2 unspecified atom stereocenters.